The van der Waals surface area contributed by atoms with E-state index in [9.17, 15) is 9.59 Å². The Kier molecular flexibility index (Phi) is 6.55. The van der Waals surface area contributed by atoms with Crippen molar-refractivity contribution in [2.24, 2.45) is 0 Å². The van der Waals surface area contributed by atoms with E-state index in [-0.39, 0.29) is 19.3 Å². The van der Waals surface area contributed by atoms with Crippen molar-refractivity contribution in [1.29, 1.82) is 0 Å². The van der Waals surface area contributed by atoms with Crippen LogP contribution in [0.1, 0.15) is 40.5 Å². The number of rotatable bonds is 6. The number of benzene rings is 4. The Hall–Kier alpha value is -5.17. The number of esters is 1. The zero-order valence-corrected chi connectivity index (χ0v) is 23.1. The Labute approximate surface area is 243 Å². The van der Waals surface area contributed by atoms with Crippen LogP contribution in [0, 0.1) is 0 Å². The van der Waals surface area contributed by atoms with Crippen molar-refractivity contribution in [3.63, 3.8) is 0 Å². The summed E-state index contributed by atoms with van der Waals surface area (Å²) >= 11 is 0. The molecule has 0 fully saturated rings. The minimum Gasteiger partial charge on any atom is -0.454 e. The molecule has 1 aromatic heterocycles. The Morgan fingerprint density at radius 1 is 0.905 bits per heavy atom. The number of amides is 1. The maximum absolute atomic E-state index is 13.7. The molecule has 2 heterocycles. The van der Waals surface area contributed by atoms with Gasteiger partial charge in [0.1, 0.15) is 0 Å². The number of hydrogen-bond donors (Lipinski definition) is 0. The van der Waals surface area contributed by atoms with Crippen LogP contribution in [0.2, 0.25) is 0 Å². The van der Waals surface area contributed by atoms with E-state index >= 15 is 0 Å². The van der Waals surface area contributed by atoms with E-state index in [2.05, 4.69) is 6.08 Å². The van der Waals surface area contributed by atoms with E-state index < -0.39 is 5.97 Å². The summed E-state index contributed by atoms with van der Waals surface area (Å²) in [6.07, 6.45) is 3.47. The fourth-order valence-corrected chi connectivity index (χ4v) is 5.92. The summed E-state index contributed by atoms with van der Waals surface area (Å²) in [7, 11) is 0. The topological polar surface area (TPSA) is 78.0 Å². The summed E-state index contributed by atoms with van der Waals surface area (Å²) in [5, 5.41) is 2.74. The van der Waals surface area contributed by atoms with Crippen LogP contribution in [0.5, 0.6) is 11.5 Å². The van der Waals surface area contributed by atoms with Crippen LogP contribution in [0.15, 0.2) is 84.9 Å². The average molecular weight is 557 g/mol. The minimum atomic E-state index is -0.517. The number of allylic oxidation sites excluding steroid dienone is 1. The molecule has 0 atom stereocenters. The van der Waals surface area contributed by atoms with Crippen LogP contribution in [-0.4, -0.2) is 36.8 Å². The van der Waals surface area contributed by atoms with Gasteiger partial charge in [0.15, 0.2) is 18.1 Å². The largest absolute Gasteiger partial charge is 0.454 e. The van der Waals surface area contributed by atoms with Gasteiger partial charge in [-0.15, -0.1) is 0 Å². The highest BCUT2D eigenvalue weighted by Gasteiger charge is 2.29. The SMILES string of the molecule is CCN(C(=O)COC(=O)c1c2c(nc3ccccc13)/C(=C/c1ccc3c(c1)OCO3)CC2)c1cccc2ccccc12. The Morgan fingerprint density at radius 2 is 1.69 bits per heavy atom. The van der Waals surface area contributed by atoms with Crippen molar-refractivity contribution < 1.29 is 23.8 Å². The predicted octanol–water partition coefficient (Wildman–Crippen LogP) is 6.81. The van der Waals surface area contributed by atoms with Crippen molar-refractivity contribution in [1.82, 2.24) is 4.98 Å². The van der Waals surface area contributed by atoms with Gasteiger partial charge < -0.3 is 19.1 Å². The highest BCUT2D eigenvalue weighted by molar-refractivity contribution is 6.09. The fourth-order valence-electron chi connectivity index (χ4n) is 5.92. The molecule has 7 heteroatoms. The quantitative estimate of drug-likeness (QED) is 0.214. The van der Waals surface area contributed by atoms with Crippen molar-refractivity contribution in [2.75, 3.05) is 24.8 Å². The van der Waals surface area contributed by atoms with E-state index in [1.165, 1.54) is 0 Å². The molecule has 208 valence electrons. The van der Waals surface area contributed by atoms with Gasteiger partial charge in [0, 0.05) is 17.3 Å². The average Bonchev–Trinajstić information content (AvgIpc) is 3.66. The Bertz CT molecular complexity index is 1910. The summed E-state index contributed by atoms with van der Waals surface area (Å²) < 4.78 is 16.7. The number of hydrogen-bond acceptors (Lipinski definition) is 6. The van der Waals surface area contributed by atoms with E-state index in [1.54, 1.807) is 4.90 Å². The van der Waals surface area contributed by atoms with Crippen molar-refractivity contribution in [2.45, 2.75) is 19.8 Å². The molecule has 1 aliphatic carbocycles. The van der Waals surface area contributed by atoms with E-state index in [0.29, 0.717) is 29.8 Å². The molecule has 2 aliphatic rings. The molecule has 0 spiro atoms. The molecule has 0 bridgehead atoms. The lowest BCUT2D eigenvalue weighted by molar-refractivity contribution is -0.121. The molecular formula is C35H28N2O5. The summed E-state index contributed by atoms with van der Waals surface area (Å²) in [6, 6.07) is 27.2. The molecule has 1 amide bonds. The predicted molar refractivity (Wildman–Crippen MR) is 163 cm³/mol. The normalized spacial score (nSPS) is 14.4. The van der Waals surface area contributed by atoms with Crippen LogP contribution in [0.3, 0.4) is 0 Å². The van der Waals surface area contributed by atoms with E-state index in [0.717, 1.165) is 56.4 Å². The number of carbonyl (C=O) groups excluding carboxylic acids is 2. The molecule has 7 nitrogen and oxygen atoms in total. The monoisotopic (exact) mass is 556 g/mol. The van der Waals surface area contributed by atoms with Crippen LogP contribution in [0.25, 0.3) is 33.3 Å². The number of carbonyl (C=O) groups is 2. The smallest absolute Gasteiger partial charge is 0.339 e. The summed E-state index contributed by atoms with van der Waals surface area (Å²) in [5.41, 5.74) is 5.62. The Morgan fingerprint density at radius 3 is 2.57 bits per heavy atom. The maximum Gasteiger partial charge on any atom is 0.339 e. The van der Waals surface area contributed by atoms with Crippen LogP contribution in [0.4, 0.5) is 5.69 Å². The standard InChI is InChI=1S/C35H28N2O5/c1-2-37(29-13-7-9-23-8-3-4-10-25(23)29)32(38)20-40-35(39)33-26-11-5-6-12-28(26)36-34-24(15-16-27(33)34)18-22-14-17-30-31(19-22)42-21-41-30/h3-14,17-19H,2,15-16,20-21H2,1H3/b24-18+. The molecule has 42 heavy (non-hydrogen) atoms. The first-order valence-corrected chi connectivity index (χ1v) is 14.1. The summed E-state index contributed by atoms with van der Waals surface area (Å²) in [5.74, 6) is 0.652. The molecule has 0 unspecified atom stereocenters. The minimum absolute atomic E-state index is 0.220. The number of nitrogens with zero attached hydrogens (tertiary/aromatic N) is 2. The van der Waals surface area contributed by atoms with Gasteiger partial charge >= 0.3 is 5.97 Å². The number of pyridine rings is 1. The van der Waals surface area contributed by atoms with Gasteiger partial charge in [0.05, 0.1) is 22.5 Å². The third kappa shape index (κ3) is 4.53. The number of fused-ring (bicyclic) bond motifs is 4. The number of aromatic nitrogens is 1. The molecule has 1 aliphatic heterocycles. The second-order valence-corrected chi connectivity index (χ2v) is 10.3. The molecule has 0 saturated heterocycles. The molecule has 7 rings (SSSR count). The first kappa shape index (κ1) is 25.8. The number of para-hydroxylation sites is 1. The van der Waals surface area contributed by atoms with Gasteiger partial charge in [-0.2, -0.15) is 0 Å². The van der Waals surface area contributed by atoms with Gasteiger partial charge in [-0.3, -0.25) is 4.79 Å². The second-order valence-electron chi connectivity index (χ2n) is 10.3. The van der Waals surface area contributed by atoms with Gasteiger partial charge in [-0.25, -0.2) is 9.78 Å². The lowest BCUT2D eigenvalue weighted by Gasteiger charge is -2.23. The second kappa shape index (κ2) is 10.7. The molecule has 4 aromatic carbocycles. The summed E-state index contributed by atoms with van der Waals surface area (Å²) in [6.45, 7) is 2.23. The maximum atomic E-state index is 13.7. The van der Waals surface area contributed by atoms with Crippen molar-refractivity contribution in [3.05, 3.63) is 107 Å². The summed E-state index contributed by atoms with van der Waals surface area (Å²) in [4.78, 5) is 33.7. The van der Waals surface area contributed by atoms with E-state index in [4.69, 9.17) is 19.2 Å². The van der Waals surface area contributed by atoms with Crippen LogP contribution < -0.4 is 14.4 Å². The molecule has 0 saturated carbocycles. The first-order valence-electron chi connectivity index (χ1n) is 14.1. The third-order valence-corrected chi connectivity index (χ3v) is 7.88. The van der Waals surface area contributed by atoms with Gasteiger partial charge in [-0.1, -0.05) is 60.7 Å². The van der Waals surface area contributed by atoms with Crippen molar-refractivity contribution in [3.8, 4) is 11.5 Å². The highest BCUT2D eigenvalue weighted by atomic mass is 16.7. The molecular weight excluding hydrogens is 528 g/mol. The highest BCUT2D eigenvalue weighted by Crippen LogP contribution is 2.39. The number of anilines is 1. The third-order valence-electron chi connectivity index (χ3n) is 7.88. The van der Waals surface area contributed by atoms with E-state index in [1.807, 2.05) is 91.9 Å². The lowest BCUT2D eigenvalue weighted by atomic mass is 10.0. The van der Waals surface area contributed by atoms with Crippen LogP contribution >= 0.6 is 0 Å². The first-order chi connectivity index (χ1) is 20.6. The van der Waals surface area contributed by atoms with Gasteiger partial charge in [0.25, 0.3) is 5.91 Å². The van der Waals surface area contributed by atoms with Crippen LogP contribution in [-0.2, 0) is 16.0 Å². The molecule has 0 radical (unpaired) electrons. The molecule has 0 N–H and O–H groups in total. The number of likely N-dealkylation sites (N-methyl/N-ethyl adjacent to an activating group) is 1. The zero-order chi connectivity index (χ0) is 28.6. The number of ether oxygens (including phenoxy) is 3. The Balaban J connectivity index is 1.19. The zero-order valence-electron chi connectivity index (χ0n) is 23.1. The van der Waals surface area contributed by atoms with Crippen molar-refractivity contribution >= 4 is 50.9 Å². The van der Waals surface area contributed by atoms with Gasteiger partial charge in [-0.05, 0) is 72.2 Å². The lowest BCUT2D eigenvalue weighted by Crippen LogP contribution is -2.34. The molecule has 5 aromatic rings. The fraction of sp³-hybridized carbons (Fsp3) is 0.171. The van der Waals surface area contributed by atoms with Gasteiger partial charge in [0.2, 0.25) is 6.79 Å².